The van der Waals surface area contributed by atoms with Crippen LogP contribution in [0.15, 0.2) is 18.3 Å². The lowest BCUT2D eigenvalue weighted by molar-refractivity contribution is -0.135. The molecule has 0 unspecified atom stereocenters. The Morgan fingerprint density at radius 3 is 2.74 bits per heavy atom. The second-order valence-corrected chi connectivity index (χ2v) is 5.66. The molecule has 0 radical (unpaired) electrons. The molecule has 3 N–H and O–H groups in total. The van der Waals surface area contributed by atoms with E-state index in [1.165, 1.54) is 5.69 Å². The molecule has 1 aliphatic rings. The number of aromatic amines is 1. The molecule has 4 nitrogen and oxygen atoms in total. The van der Waals surface area contributed by atoms with Gasteiger partial charge in [-0.25, -0.2) is 0 Å². The molecule has 0 aromatic carbocycles. The van der Waals surface area contributed by atoms with Crippen LogP contribution in [-0.2, 0) is 11.2 Å². The molecule has 1 heterocycles. The summed E-state index contributed by atoms with van der Waals surface area (Å²) in [7, 11) is 1.92. The lowest BCUT2D eigenvalue weighted by atomic mass is 9.81. The summed E-state index contributed by atoms with van der Waals surface area (Å²) in [6, 6.07) is 4.05. The van der Waals surface area contributed by atoms with Crippen LogP contribution in [-0.4, -0.2) is 35.9 Å². The summed E-state index contributed by atoms with van der Waals surface area (Å²) in [6.07, 6.45) is 7.05. The standard InChI is InChI=1S/C15H25N3O/c1-18(10-8-14-3-2-9-17-14)15(19)13-6-4-12(11-16)5-7-13/h2-3,9,12-13,17H,4-8,10-11,16H2,1H3. The Kier molecular flexibility index (Phi) is 5.02. The fourth-order valence-electron chi connectivity index (χ4n) is 2.88. The van der Waals surface area contributed by atoms with Crippen molar-refractivity contribution in [2.75, 3.05) is 20.1 Å². The van der Waals surface area contributed by atoms with Crippen LogP contribution >= 0.6 is 0 Å². The Labute approximate surface area is 115 Å². The van der Waals surface area contributed by atoms with Gasteiger partial charge in [0.25, 0.3) is 0 Å². The van der Waals surface area contributed by atoms with Crippen molar-refractivity contribution in [3.05, 3.63) is 24.0 Å². The Hall–Kier alpha value is -1.29. The van der Waals surface area contributed by atoms with Gasteiger partial charge in [0.15, 0.2) is 0 Å². The van der Waals surface area contributed by atoms with Gasteiger partial charge in [0, 0.05) is 37.8 Å². The molecule has 1 fully saturated rings. The number of nitrogens with two attached hydrogens (primary N) is 1. The number of hydrogen-bond donors (Lipinski definition) is 2. The first kappa shape index (κ1) is 14.1. The highest BCUT2D eigenvalue weighted by Crippen LogP contribution is 2.29. The zero-order valence-corrected chi connectivity index (χ0v) is 11.8. The van der Waals surface area contributed by atoms with Crippen LogP contribution < -0.4 is 5.73 Å². The second-order valence-electron chi connectivity index (χ2n) is 5.66. The molecule has 0 spiro atoms. The minimum Gasteiger partial charge on any atom is -0.365 e. The quantitative estimate of drug-likeness (QED) is 0.850. The maximum atomic E-state index is 12.3. The van der Waals surface area contributed by atoms with Crippen LogP contribution in [0.5, 0.6) is 0 Å². The first-order chi connectivity index (χ1) is 9.20. The number of amides is 1. The van der Waals surface area contributed by atoms with E-state index in [2.05, 4.69) is 11.1 Å². The lowest BCUT2D eigenvalue weighted by Gasteiger charge is -2.30. The van der Waals surface area contributed by atoms with Gasteiger partial charge in [0.2, 0.25) is 5.91 Å². The summed E-state index contributed by atoms with van der Waals surface area (Å²) in [6.45, 7) is 1.56. The van der Waals surface area contributed by atoms with Crippen LogP contribution in [0, 0.1) is 11.8 Å². The fourth-order valence-corrected chi connectivity index (χ4v) is 2.88. The summed E-state index contributed by atoms with van der Waals surface area (Å²) in [5, 5.41) is 0. The van der Waals surface area contributed by atoms with Crippen LogP contribution in [0.2, 0.25) is 0 Å². The molecule has 0 aliphatic heterocycles. The average molecular weight is 263 g/mol. The SMILES string of the molecule is CN(CCc1ccc[nH]1)C(=O)C1CCC(CN)CC1. The van der Waals surface area contributed by atoms with E-state index < -0.39 is 0 Å². The molecule has 0 bridgehead atoms. The Morgan fingerprint density at radius 2 is 2.16 bits per heavy atom. The highest BCUT2D eigenvalue weighted by Gasteiger charge is 2.27. The first-order valence-electron chi connectivity index (χ1n) is 7.28. The van der Waals surface area contributed by atoms with Crippen molar-refractivity contribution in [1.29, 1.82) is 0 Å². The topological polar surface area (TPSA) is 62.1 Å². The third-order valence-corrected chi connectivity index (χ3v) is 4.28. The van der Waals surface area contributed by atoms with Crippen LogP contribution in [0.25, 0.3) is 0 Å². The van der Waals surface area contributed by atoms with E-state index in [9.17, 15) is 4.79 Å². The lowest BCUT2D eigenvalue weighted by Crippen LogP contribution is -2.36. The highest BCUT2D eigenvalue weighted by molar-refractivity contribution is 5.78. The Balaban J connectivity index is 1.76. The van der Waals surface area contributed by atoms with Crippen LogP contribution in [0.3, 0.4) is 0 Å². The molecule has 1 aliphatic carbocycles. The number of rotatable bonds is 5. The van der Waals surface area contributed by atoms with Gasteiger partial charge in [0.1, 0.15) is 0 Å². The number of nitrogens with one attached hydrogen (secondary N) is 1. The maximum absolute atomic E-state index is 12.3. The van der Waals surface area contributed by atoms with Crippen LogP contribution in [0.1, 0.15) is 31.4 Å². The minimum absolute atomic E-state index is 0.219. The number of carbonyl (C=O) groups is 1. The molecule has 106 valence electrons. The van der Waals surface area contributed by atoms with E-state index in [4.69, 9.17) is 5.73 Å². The number of likely N-dealkylation sites (N-methyl/N-ethyl adjacent to an activating group) is 1. The summed E-state index contributed by atoms with van der Waals surface area (Å²) < 4.78 is 0. The second kappa shape index (κ2) is 6.75. The summed E-state index contributed by atoms with van der Waals surface area (Å²) in [5.41, 5.74) is 6.87. The van der Waals surface area contributed by atoms with Crippen molar-refractivity contribution in [3.8, 4) is 0 Å². The number of aromatic nitrogens is 1. The van der Waals surface area contributed by atoms with Gasteiger partial charge >= 0.3 is 0 Å². The van der Waals surface area contributed by atoms with Gasteiger partial charge in [-0.1, -0.05) is 0 Å². The molecular weight excluding hydrogens is 238 g/mol. The van der Waals surface area contributed by atoms with Gasteiger partial charge in [-0.15, -0.1) is 0 Å². The molecule has 0 atom stereocenters. The fraction of sp³-hybridized carbons (Fsp3) is 0.667. The van der Waals surface area contributed by atoms with Crippen molar-refractivity contribution < 1.29 is 4.79 Å². The van der Waals surface area contributed by atoms with Crippen LogP contribution in [0.4, 0.5) is 0 Å². The number of H-pyrrole nitrogens is 1. The minimum atomic E-state index is 0.219. The van der Waals surface area contributed by atoms with Gasteiger partial charge in [-0.2, -0.15) is 0 Å². The Bertz CT molecular complexity index is 380. The van der Waals surface area contributed by atoms with Crippen molar-refractivity contribution >= 4 is 5.91 Å². The molecule has 1 saturated carbocycles. The molecule has 1 amide bonds. The molecule has 2 rings (SSSR count). The van der Waals surface area contributed by atoms with Crippen molar-refractivity contribution in [2.45, 2.75) is 32.1 Å². The van der Waals surface area contributed by atoms with E-state index in [0.29, 0.717) is 11.8 Å². The number of hydrogen-bond acceptors (Lipinski definition) is 2. The predicted octanol–water partition coefficient (Wildman–Crippen LogP) is 1.78. The smallest absolute Gasteiger partial charge is 0.225 e. The van der Waals surface area contributed by atoms with E-state index >= 15 is 0 Å². The zero-order chi connectivity index (χ0) is 13.7. The van der Waals surface area contributed by atoms with Crippen molar-refractivity contribution in [2.24, 2.45) is 17.6 Å². The Morgan fingerprint density at radius 1 is 1.42 bits per heavy atom. The van der Waals surface area contributed by atoms with E-state index in [0.717, 1.165) is 45.2 Å². The van der Waals surface area contributed by atoms with Gasteiger partial charge in [-0.05, 0) is 50.3 Å². The van der Waals surface area contributed by atoms with E-state index in [1.807, 2.05) is 24.2 Å². The zero-order valence-electron chi connectivity index (χ0n) is 11.8. The predicted molar refractivity (Wildman–Crippen MR) is 76.6 cm³/mol. The molecule has 1 aromatic heterocycles. The average Bonchev–Trinajstić information content (AvgIpc) is 2.97. The van der Waals surface area contributed by atoms with Gasteiger partial charge in [0.05, 0.1) is 0 Å². The van der Waals surface area contributed by atoms with Gasteiger partial charge in [-0.3, -0.25) is 4.79 Å². The van der Waals surface area contributed by atoms with Crippen molar-refractivity contribution in [1.82, 2.24) is 9.88 Å². The van der Waals surface area contributed by atoms with E-state index in [1.54, 1.807) is 0 Å². The first-order valence-corrected chi connectivity index (χ1v) is 7.28. The third-order valence-electron chi connectivity index (χ3n) is 4.28. The summed E-state index contributed by atoms with van der Waals surface area (Å²) >= 11 is 0. The highest BCUT2D eigenvalue weighted by atomic mass is 16.2. The monoisotopic (exact) mass is 263 g/mol. The number of carbonyl (C=O) groups excluding carboxylic acids is 1. The third kappa shape index (κ3) is 3.83. The summed E-state index contributed by atoms with van der Waals surface area (Å²) in [5.74, 6) is 1.16. The molecule has 19 heavy (non-hydrogen) atoms. The number of nitrogens with zero attached hydrogens (tertiary/aromatic N) is 1. The van der Waals surface area contributed by atoms with E-state index in [-0.39, 0.29) is 5.92 Å². The summed E-state index contributed by atoms with van der Waals surface area (Å²) in [4.78, 5) is 17.4. The molecule has 1 aromatic rings. The normalized spacial score (nSPS) is 23.3. The largest absolute Gasteiger partial charge is 0.365 e. The molecular formula is C15H25N3O. The van der Waals surface area contributed by atoms with Gasteiger partial charge < -0.3 is 15.6 Å². The maximum Gasteiger partial charge on any atom is 0.225 e. The van der Waals surface area contributed by atoms with Crippen molar-refractivity contribution in [3.63, 3.8) is 0 Å². The molecule has 0 saturated heterocycles. The molecule has 4 heteroatoms.